The number of fused-ring (bicyclic) bond motifs is 2. The molecule has 0 spiro atoms. The minimum atomic E-state index is 0.646. The quantitative estimate of drug-likeness (QED) is 0.861. The first-order valence-corrected chi connectivity index (χ1v) is 6.93. The highest BCUT2D eigenvalue weighted by molar-refractivity contribution is 9.10. The molecule has 3 rings (SSSR count). The van der Waals surface area contributed by atoms with E-state index >= 15 is 0 Å². The van der Waals surface area contributed by atoms with Crippen LogP contribution in [0.5, 0.6) is 0 Å². The molecule has 90 valence electrons. The number of rotatable bonds is 3. The molecule has 1 aromatic rings. The lowest BCUT2D eigenvalue weighted by Crippen LogP contribution is -2.72. The monoisotopic (exact) mass is 292 g/mol. The molecule has 1 aromatic carbocycles. The van der Waals surface area contributed by atoms with Gasteiger partial charge in [-0.1, -0.05) is 34.1 Å². The summed E-state index contributed by atoms with van der Waals surface area (Å²) in [6.45, 7) is 7.07. The highest BCUT2D eigenvalue weighted by Crippen LogP contribution is 2.42. The zero-order chi connectivity index (χ0) is 11.8. The fourth-order valence-corrected chi connectivity index (χ4v) is 3.49. The van der Waals surface area contributed by atoms with Gasteiger partial charge in [-0.05, 0) is 17.7 Å². The van der Waals surface area contributed by atoms with Crippen molar-refractivity contribution in [2.45, 2.75) is 18.0 Å². The summed E-state index contributed by atoms with van der Waals surface area (Å²) in [6.07, 6.45) is 2.02. The summed E-state index contributed by atoms with van der Waals surface area (Å²) < 4.78 is 1.16. The lowest BCUT2D eigenvalue weighted by atomic mass is 9.72. The number of nitrogens with zero attached hydrogens (tertiary/aromatic N) is 1. The van der Waals surface area contributed by atoms with Gasteiger partial charge in [-0.25, -0.2) is 0 Å². The fourth-order valence-electron chi connectivity index (χ4n) is 3.23. The van der Waals surface area contributed by atoms with Crippen LogP contribution >= 0.6 is 15.9 Å². The van der Waals surface area contributed by atoms with Crippen molar-refractivity contribution < 1.29 is 0 Å². The molecule has 2 bridgehead atoms. The zero-order valence-electron chi connectivity index (χ0n) is 9.77. The summed E-state index contributed by atoms with van der Waals surface area (Å²) in [4.78, 5) is 2.57. The molecule has 2 aliphatic heterocycles. The predicted molar refractivity (Wildman–Crippen MR) is 74.2 cm³/mol. The second kappa shape index (κ2) is 4.56. The number of piperazine rings is 1. The van der Waals surface area contributed by atoms with E-state index in [1.54, 1.807) is 0 Å². The molecule has 1 N–H and O–H groups in total. The minimum absolute atomic E-state index is 0.646. The Morgan fingerprint density at radius 3 is 2.53 bits per heavy atom. The van der Waals surface area contributed by atoms with Gasteiger partial charge in [0.25, 0.3) is 0 Å². The van der Waals surface area contributed by atoms with Gasteiger partial charge in [0, 0.05) is 42.1 Å². The highest BCUT2D eigenvalue weighted by atomic mass is 79.9. The van der Waals surface area contributed by atoms with Crippen molar-refractivity contribution in [1.82, 2.24) is 10.2 Å². The van der Waals surface area contributed by atoms with Crippen molar-refractivity contribution in [3.63, 3.8) is 0 Å². The van der Waals surface area contributed by atoms with Crippen molar-refractivity contribution in [1.29, 1.82) is 0 Å². The van der Waals surface area contributed by atoms with Crippen LogP contribution in [0.15, 0.2) is 41.4 Å². The molecule has 2 heterocycles. The van der Waals surface area contributed by atoms with Crippen LogP contribution in [0.25, 0.3) is 0 Å². The van der Waals surface area contributed by atoms with Crippen LogP contribution in [0.1, 0.15) is 11.5 Å². The van der Waals surface area contributed by atoms with E-state index in [1.807, 2.05) is 6.08 Å². The molecule has 0 aliphatic carbocycles. The average molecular weight is 293 g/mol. The van der Waals surface area contributed by atoms with Gasteiger partial charge in [0.1, 0.15) is 0 Å². The molecule has 2 saturated heterocycles. The SMILES string of the molecule is C=CCN1[C@@H]2CNC[C@H]1C2c1ccc(Br)cc1. The van der Waals surface area contributed by atoms with Gasteiger partial charge >= 0.3 is 0 Å². The van der Waals surface area contributed by atoms with Gasteiger partial charge in [0.2, 0.25) is 0 Å². The number of hydrogen-bond donors (Lipinski definition) is 1. The third kappa shape index (κ3) is 1.86. The van der Waals surface area contributed by atoms with Crippen LogP contribution in [0.3, 0.4) is 0 Å². The third-order valence-electron chi connectivity index (χ3n) is 3.98. The fraction of sp³-hybridized carbons (Fsp3) is 0.429. The minimum Gasteiger partial charge on any atom is -0.314 e. The Balaban J connectivity index is 1.81. The maximum atomic E-state index is 3.85. The second-order valence-electron chi connectivity index (χ2n) is 4.86. The average Bonchev–Trinajstić information content (AvgIpc) is 2.37. The van der Waals surface area contributed by atoms with Crippen LogP contribution in [0.4, 0.5) is 0 Å². The first-order chi connectivity index (χ1) is 8.31. The molecule has 3 heteroatoms. The summed E-state index contributed by atoms with van der Waals surface area (Å²) in [5.41, 5.74) is 1.48. The van der Waals surface area contributed by atoms with Gasteiger partial charge < -0.3 is 5.32 Å². The van der Waals surface area contributed by atoms with Crippen LogP contribution < -0.4 is 5.32 Å². The van der Waals surface area contributed by atoms with Gasteiger partial charge in [-0.3, -0.25) is 4.90 Å². The summed E-state index contributed by atoms with van der Waals surface area (Å²) in [6, 6.07) is 10.1. The van der Waals surface area contributed by atoms with Gasteiger partial charge in [0.15, 0.2) is 0 Å². The van der Waals surface area contributed by atoms with E-state index in [0.29, 0.717) is 18.0 Å². The second-order valence-corrected chi connectivity index (χ2v) is 5.77. The first kappa shape index (κ1) is 11.5. The molecule has 3 atom stereocenters. The Morgan fingerprint density at radius 1 is 1.29 bits per heavy atom. The zero-order valence-corrected chi connectivity index (χ0v) is 11.4. The molecule has 2 nitrogen and oxygen atoms in total. The Labute approximate surface area is 111 Å². The van der Waals surface area contributed by atoms with Crippen LogP contribution in [0.2, 0.25) is 0 Å². The standard InChI is InChI=1S/C14H17BrN2/c1-2-7-17-12-8-16-9-13(17)14(12)10-3-5-11(15)6-4-10/h2-6,12-14,16H,1,7-9H2/t12-,13+,14?. The van der Waals surface area contributed by atoms with Crippen LogP contribution in [0, 0.1) is 0 Å². The van der Waals surface area contributed by atoms with E-state index < -0.39 is 0 Å². The molecule has 0 radical (unpaired) electrons. The van der Waals surface area contributed by atoms with Crippen molar-refractivity contribution in [3.8, 4) is 0 Å². The molecule has 17 heavy (non-hydrogen) atoms. The Hall–Kier alpha value is -0.640. The van der Waals surface area contributed by atoms with Gasteiger partial charge in [-0.2, -0.15) is 0 Å². The van der Waals surface area contributed by atoms with Crippen molar-refractivity contribution in [2.75, 3.05) is 19.6 Å². The van der Waals surface area contributed by atoms with E-state index in [-0.39, 0.29) is 0 Å². The van der Waals surface area contributed by atoms with Crippen molar-refractivity contribution >= 4 is 15.9 Å². The smallest absolute Gasteiger partial charge is 0.0311 e. The van der Waals surface area contributed by atoms with E-state index in [4.69, 9.17) is 0 Å². The summed E-state index contributed by atoms with van der Waals surface area (Å²) in [5.74, 6) is 0.698. The maximum absolute atomic E-state index is 3.85. The molecule has 1 unspecified atom stereocenters. The molecule has 0 saturated carbocycles. The summed E-state index contributed by atoms with van der Waals surface area (Å²) in [7, 11) is 0. The largest absolute Gasteiger partial charge is 0.314 e. The number of piperidine rings is 1. The number of nitrogens with one attached hydrogen (secondary N) is 1. The topological polar surface area (TPSA) is 15.3 Å². The van der Waals surface area contributed by atoms with E-state index in [0.717, 1.165) is 24.1 Å². The number of hydrogen-bond acceptors (Lipinski definition) is 2. The Kier molecular flexibility index (Phi) is 3.07. The Bertz CT molecular complexity index is 403. The molecular formula is C14H17BrN2. The molecule has 2 fully saturated rings. The maximum Gasteiger partial charge on any atom is 0.0311 e. The van der Waals surface area contributed by atoms with Gasteiger partial charge in [0.05, 0.1) is 0 Å². The molecule has 0 amide bonds. The van der Waals surface area contributed by atoms with Crippen molar-refractivity contribution in [3.05, 3.63) is 47.0 Å². The van der Waals surface area contributed by atoms with Gasteiger partial charge in [-0.15, -0.1) is 6.58 Å². The first-order valence-electron chi connectivity index (χ1n) is 6.14. The van der Waals surface area contributed by atoms with E-state index in [1.165, 1.54) is 5.56 Å². The van der Waals surface area contributed by atoms with E-state index in [2.05, 4.69) is 57.0 Å². The Morgan fingerprint density at radius 2 is 1.94 bits per heavy atom. The van der Waals surface area contributed by atoms with Crippen LogP contribution in [-0.4, -0.2) is 36.6 Å². The normalized spacial score (nSPS) is 31.9. The molecule has 0 aromatic heterocycles. The number of halogens is 1. The lowest BCUT2D eigenvalue weighted by Gasteiger charge is -2.59. The summed E-state index contributed by atoms with van der Waals surface area (Å²) in [5, 5.41) is 3.50. The van der Waals surface area contributed by atoms with Crippen molar-refractivity contribution in [2.24, 2.45) is 0 Å². The van der Waals surface area contributed by atoms with Crippen LogP contribution in [-0.2, 0) is 0 Å². The number of benzene rings is 1. The predicted octanol–water partition coefficient (Wildman–Crippen LogP) is 2.37. The lowest BCUT2D eigenvalue weighted by molar-refractivity contribution is -0.0314. The highest BCUT2D eigenvalue weighted by Gasteiger charge is 2.50. The summed E-state index contributed by atoms with van der Waals surface area (Å²) >= 11 is 3.50. The molecule has 2 aliphatic rings. The third-order valence-corrected chi connectivity index (χ3v) is 4.51. The van der Waals surface area contributed by atoms with E-state index in [9.17, 15) is 0 Å². The molecular weight excluding hydrogens is 276 g/mol.